The molecular weight excluding hydrogens is 272 g/mol. The zero-order chi connectivity index (χ0) is 11.1. The first kappa shape index (κ1) is 11.7. The molecule has 0 aliphatic carbocycles. The summed E-state index contributed by atoms with van der Waals surface area (Å²) in [6, 6.07) is 0. The first-order valence-electron chi connectivity index (χ1n) is 5.47. The third kappa shape index (κ3) is 1.82. The van der Waals surface area contributed by atoms with E-state index in [1.165, 1.54) is 23.0 Å². The van der Waals surface area contributed by atoms with Gasteiger partial charge in [-0.25, -0.2) is 0 Å². The molecule has 0 N–H and O–H groups in total. The van der Waals surface area contributed by atoms with Crippen molar-refractivity contribution in [2.45, 2.75) is 33.4 Å². The van der Waals surface area contributed by atoms with Gasteiger partial charge in [0.05, 0.1) is 0 Å². The van der Waals surface area contributed by atoms with E-state index in [4.69, 9.17) is 0 Å². The van der Waals surface area contributed by atoms with Gasteiger partial charge in [-0.3, -0.25) is 0 Å². The molecule has 0 saturated heterocycles. The van der Waals surface area contributed by atoms with Crippen molar-refractivity contribution in [3.63, 3.8) is 0 Å². The molecule has 3 rings (SSSR count). The molecule has 0 spiro atoms. The predicted octanol–water partition coefficient (Wildman–Crippen LogP) is 4.70. The van der Waals surface area contributed by atoms with Crippen LogP contribution in [0.3, 0.4) is 0 Å². The smallest absolute Gasteiger partial charge is 0.0252 e. The van der Waals surface area contributed by atoms with E-state index in [1.54, 1.807) is 30.7 Å². The van der Waals surface area contributed by atoms with E-state index in [9.17, 15) is 0 Å². The summed E-state index contributed by atoms with van der Waals surface area (Å²) in [5.74, 6) is 5.09. The highest BCUT2D eigenvalue weighted by molar-refractivity contribution is 8.06. The van der Waals surface area contributed by atoms with Crippen LogP contribution >= 0.6 is 47.0 Å². The third-order valence-electron chi connectivity index (χ3n) is 2.93. The van der Waals surface area contributed by atoms with Gasteiger partial charge in [-0.1, -0.05) is 0 Å². The summed E-state index contributed by atoms with van der Waals surface area (Å²) < 4.78 is 0. The van der Waals surface area contributed by atoms with Gasteiger partial charge in [0.25, 0.3) is 0 Å². The molecule has 0 fully saturated rings. The highest BCUT2D eigenvalue weighted by Gasteiger charge is 2.24. The fraction of sp³-hybridized carbons (Fsp3) is 0.500. The molecule has 0 bridgehead atoms. The molecule has 0 aromatic heterocycles. The second-order valence-corrected chi connectivity index (χ2v) is 8.38. The van der Waals surface area contributed by atoms with Crippen molar-refractivity contribution in [1.29, 1.82) is 0 Å². The van der Waals surface area contributed by atoms with E-state index in [0.29, 0.717) is 0 Å². The third-order valence-corrected chi connectivity index (χ3v) is 8.53. The number of benzene rings is 1. The molecule has 86 valence electrons. The molecule has 0 radical (unpaired) electrons. The van der Waals surface area contributed by atoms with Gasteiger partial charge < -0.3 is 0 Å². The van der Waals surface area contributed by atoms with Crippen LogP contribution in [0.1, 0.15) is 11.1 Å². The summed E-state index contributed by atoms with van der Waals surface area (Å²) >= 11 is 8.24. The van der Waals surface area contributed by atoms with Crippen LogP contribution in [0.25, 0.3) is 0 Å². The van der Waals surface area contributed by atoms with Gasteiger partial charge >= 0.3 is 0 Å². The largest absolute Gasteiger partial charge is 0.124 e. The summed E-state index contributed by atoms with van der Waals surface area (Å²) in [5, 5.41) is 0. The molecule has 0 saturated carbocycles. The van der Waals surface area contributed by atoms with E-state index in [0.717, 1.165) is 0 Å². The molecule has 0 amide bonds. The highest BCUT2D eigenvalue weighted by Crippen LogP contribution is 2.50. The summed E-state index contributed by atoms with van der Waals surface area (Å²) in [7, 11) is 0. The van der Waals surface area contributed by atoms with Crippen LogP contribution in [0.5, 0.6) is 0 Å². The zero-order valence-electron chi connectivity index (χ0n) is 9.46. The molecule has 0 atom stereocenters. The number of hydrogen-bond acceptors (Lipinski definition) is 4. The number of thioether (sulfide) groups is 4. The molecule has 2 aliphatic heterocycles. The Kier molecular flexibility index (Phi) is 3.44. The highest BCUT2D eigenvalue weighted by atomic mass is 32.2. The van der Waals surface area contributed by atoms with Gasteiger partial charge in [0.2, 0.25) is 0 Å². The lowest BCUT2D eigenvalue weighted by molar-refractivity contribution is 0.963. The maximum absolute atomic E-state index is 2.31. The Balaban J connectivity index is 2.24. The normalized spacial score (nSPS) is 19.1. The van der Waals surface area contributed by atoms with E-state index in [1.807, 2.05) is 0 Å². The summed E-state index contributed by atoms with van der Waals surface area (Å²) in [4.78, 5) is 6.29. The van der Waals surface area contributed by atoms with Crippen molar-refractivity contribution in [1.82, 2.24) is 0 Å². The lowest BCUT2D eigenvalue weighted by Gasteiger charge is -2.27. The van der Waals surface area contributed by atoms with E-state index >= 15 is 0 Å². The van der Waals surface area contributed by atoms with Gasteiger partial charge in [0.1, 0.15) is 0 Å². The van der Waals surface area contributed by atoms with Crippen LogP contribution in [0, 0.1) is 13.8 Å². The molecule has 4 heteroatoms. The number of rotatable bonds is 0. The van der Waals surface area contributed by atoms with Crippen LogP contribution in [0.4, 0.5) is 0 Å². The Bertz CT molecular complexity index is 361. The second kappa shape index (κ2) is 4.71. The molecule has 0 nitrogen and oxygen atoms in total. The topological polar surface area (TPSA) is 0 Å². The zero-order valence-corrected chi connectivity index (χ0v) is 12.7. The molecule has 2 aliphatic rings. The van der Waals surface area contributed by atoms with E-state index < -0.39 is 0 Å². The van der Waals surface area contributed by atoms with E-state index in [-0.39, 0.29) is 0 Å². The lowest BCUT2D eigenvalue weighted by Crippen LogP contribution is -2.05. The van der Waals surface area contributed by atoms with Crippen molar-refractivity contribution in [2.24, 2.45) is 0 Å². The van der Waals surface area contributed by atoms with Crippen LogP contribution in [0.15, 0.2) is 19.6 Å². The fourth-order valence-electron chi connectivity index (χ4n) is 2.16. The summed E-state index contributed by atoms with van der Waals surface area (Å²) in [6.45, 7) is 4.63. The van der Waals surface area contributed by atoms with Gasteiger partial charge in [0, 0.05) is 42.6 Å². The van der Waals surface area contributed by atoms with Gasteiger partial charge in [-0.15, -0.1) is 47.0 Å². The Labute approximate surface area is 114 Å². The number of fused-ring (bicyclic) bond motifs is 2. The van der Waals surface area contributed by atoms with Crippen molar-refractivity contribution in [3.8, 4) is 0 Å². The summed E-state index contributed by atoms with van der Waals surface area (Å²) in [5.41, 5.74) is 3.09. The molecular formula is C12H14S4. The first-order chi connectivity index (χ1) is 7.79. The monoisotopic (exact) mass is 286 g/mol. The van der Waals surface area contributed by atoms with Crippen LogP contribution in [0.2, 0.25) is 0 Å². The predicted molar refractivity (Wildman–Crippen MR) is 78.8 cm³/mol. The van der Waals surface area contributed by atoms with Crippen molar-refractivity contribution >= 4 is 47.0 Å². The van der Waals surface area contributed by atoms with Crippen molar-refractivity contribution < 1.29 is 0 Å². The van der Waals surface area contributed by atoms with Gasteiger partial charge in [0.15, 0.2) is 0 Å². The molecule has 0 unspecified atom stereocenters. The standard InChI is InChI=1S/C12H14S4/c1-7-9-11(15-5-3-13-9)8(2)12-10(7)14-4-6-16-12/h3-6H2,1-2H3. The Morgan fingerprint density at radius 1 is 0.562 bits per heavy atom. The average molecular weight is 287 g/mol. The molecule has 1 aromatic carbocycles. The van der Waals surface area contributed by atoms with Crippen molar-refractivity contribution in [3.05, 3.63) is 11.1 Å². The maximum atomic E-state index is 2.31. The minimum absolute atomic E-state index is 1.27. The quantitative estimate of drug-likeness (QED) is 0.677. The van der Waals surface area contributed by atoms with E-state index in [2.05, 4.69) is 60.9 Å². The van der Waals surface area contributed by atoms with Crippen LogP contribution in [-0.4, -0.2) is 23.0 Å². The molecule has 1 aromatic rings. The lowest BCUT2D eigenvalue weighted by atomic mass is 10.1. The Morgan fingerprint density at radius 2 is 0.812 bits per heavy atom. The molecule has 16 heavy (non-hydrogen) atoms. The Morgan fingerprint density at radius 3 is 1.06 bits per heavy atom. The van der Waals surface area contributed by atoms with Crippen LogP contribution in [-0.2, 0) is 0 Å². The van der Waals surface area contributed by atoms with Gasteiger partial charge in [-0.2, -0.15) is 0 Å². The minimum atomic E-state index is 1.27. The van der Waals surface area contributed by atoms with Crippen LogP contribution < -0.4 is 0 Å². The maximum Gasteiger partial charge on any atom is 0.0252 e. The minimum Gasteiger partial charge on any atom is -0.124 e. The second-order valence-electron chi connectivity index (χ2n) is 3.96. The van der Waals surface area contributed by atoms with Gasteiger partial charge in [-0.05, 0) is 25.0 Å². The molecule has 2 heterocycles. The fourth-order valence-corrected chi connectivity index (χ4v) is 7.55. The summed E-state index contributed by atoms with van der Waals surface area (Å²) in [6.07, 6.45) is 0. The Hall–Kier alpha value is 0.620. The first-order valence-corrected chi connectivity index (χ1v) is 9.41. The SMILES string of the molecule is Cc1c2c(c(C)c3c1SCCS3)SCCS2. The average Bonchev–Trinajstić information content (AvgIpc) is 2.36. The van der Waals surface area contributed by atoms with Crippen molar-refractivity contribution in [2.75, 3.05) is 23.0 Å². The number of hydrogen-bond donors (Lipinski definition) is 0.